The number of anilines is 1. The SMILES string of the molecule is C=C(Cl)C(=O)Nc1cc(C(=O)O)cn1C. The Bertz CT molecular complexity index is 437. The van der Waals surface area contributed by atoms with Crippen LogP contribution in [-0.2, 0) is 11.8 Å². The van der Waals surface area contributed by atoms with Crippen LogP contribution in [-0.4, -0.2) is 21.6 Å². The molecule has 0 aliphatic heterocycles. The van der Waals surface area contributed by atoms with Crippen LogP contribution in [0, 0.1) is 0 Å². The maximum Gasteiger partial charge on any atom is 0.337 e. The average molecular weight is 229 g/mol. The maximum absolute atomic E-state index is 11.1. The van der Waals surface area contributed by atoms with Crippen LogP contribution >= 0.6 is 11.6 Å². The molecule has 6 heteroatoms. The lowest BCUT2D eigenvalue weighted by Crippen LogP contribution is -2.12. The molecule has 2 N–H and O–H groups in total. The molecule has 1 aromatic heterocycles. The van der Waals surface area contributed by atoms with E-state index >= 15 is 0 Å². The van der Waals surface area contributed by atoms with Crippen molar-refractivity contribution in [3.8, 4) is 0 Å². The first-order valence-electron chi connectivity index (χ1n) is 3.97. The quantitative estimate of drug-likeness (QED) is 0.769. The molecule has 1 rings (SSSR count). The number of nitrogens with zero attached hydrogens (tertiary/aromatic N) is 1. The van der Waals surface area contributed by atoms with E-state index in [9.17, 15) is 9.59 Å². The van der Waals surface area contributed by atoms with Gasteiger partial charge in [-0.3, -0.25) is 4.79 Å². The van der Waals surface area contributed by atoms with Crippen LogP contribution in [0.5, 0.6) is 0 Å². The summed E-state index contributed by atoms with van der Waals surface area (Å²) in [6.07, 6.45) is 1.38. The molecule has 0 saturated carbocycles. The van der Waals surface area contributed by atoms with Crippen LogP contribution < -0.4 is 5.32 Å². The van der Waals surface area contributed by atoms with Gasteiger partial charge in [-0.1, -0.05) is 18.2 Å². The van der Waals surface area contributed by atoms with E-state index in [2.05, 4.69) is 11.9 Å². The highest BCUT2D eigenvalue weighted by atomic mass is 35.5. The second-order valence-corrected chi connectivity index (χ2v) is 3.35. The lowest BCUT2D eigenvalue weighted by Gasteiger charge is -2.03. The van der Waals surface area contributed by atoms with E-state index in [1.54, 1.807) is 7.05 Å². The molecule has 1 amide bonds. The van der Waals surface area contributed by atoms with Crippen molar-refractivity contribution in [2.75, 3.05) is 5.32 Å². The predicted molar refractivity (Wildman–Crippen MR) is 56.0 cm³/mol. The second kappa shape index (κ2) is 4.18. The maximum atomic E-state index is 11.1. The van der Waals surface area contributed by atoms with Gasteiger partial charge in [0.15, 0.2) is 0 Å². The molecule has 0 bridgehead atoms. The molecule has 0 aliphatic rings. The lowest BCUT2D eigenvalue weighted by atomic mass is 10.3. The second-order valence-electron chi connectivity index (χ2n) is 2.89. The van der Waals surface area contributed by atoms with Crippen molar-refractivity contribution < 1.29 is 14.7 Å². The molecule has 0 radical (unpaired) electrons. The summed E-state index contributed by atoms with van der Waals surface area (Å²) in [5.41, 5.74) is 0.0907. The summed E-state index contributed by atoms with van der Waals surface area (Å²) in [5.74, 6) is -1.27. The van der Waals surface area contributed by atoms with Crippen molar-refractivity contribution in [2.45, 2.75) is 0 Å². The molecule has 0 unspecified atom stereocenters. The van der Waals surface area contributed by atoms with Gasteiger partial charge in [0, 0.05) is 13.2 Å². The number of carboxylic acid groups (broad SMARTS) is 1. The first kappa shape index (κ1) is 11.3. The molecule has 15 heavy (non-hydrogen) atoms. The van der Waals surface area contributed by atoms with Crippen LogP contribution in [0.1, 0.15) is 10.4 Å². The number of rotatable bonds is 3. The van der Waals surface area contributed by atoms with Gasteiger partial charge in [0.25, 0.3) is 5.91 Å². The van der Waals surface area contributed by atoms with E-state index in [-0.39, 0.29) is 10.6 Å². The van der Waals surface area contributed by atoms with Crippen LogP contribution in [0.3, 0.4) is 0 Å². The highest BCUT2D eigenvalue weighted by Gasteiger charge is 2.11. The zero-order valence-electron chi connectivity index (χ0n) is 7.95. The summed E-state index contributed by atoms with van der Waals surface area (Å²) < 4.78 is 1.47. The zero-order chi connectivity index (χ0) is 11.6. The molecule has 1 aromatic rings. The molecule has 5 nitrogen and oxygen atoms in total. The summed E-state index contributed by atoms with van der Waals surface area (Å²) in [6.45, 7) is 3.25. The smallest absolute Gasteiger partial charge is 0.337 e. The number of aryl methyl sites for hydroxylation is 1. The van der Waals surface area contributed by atoms with E-state index in [1.807, 2.05) is 0 Å². The van der Waals surface area contributed by atoms with E-state index in [0.29, 0.717) is 5.82 Å². The summed E-state index contributed by atoms with van der Waals surface area (Å²) in [7, 11) is 1.61. The fourth-order valence-corrected chi connectivity index (χ4v) is 1.04. The van der Waals surface area contributed by atoms with Crippen molar-refractivity contribution in [1.29, 1.82) is 0 Å². The minimum absolute atomic E-state index is 0.0907. The van der Waals surface area contributed by atoms with Gasteiger partial charge in [-0.25, -0.2) is 4.79 Å². The third kappa shape index (κ3) is 2.60. The Morgan fingerprint density at radius 1 is 1.60 bits per heavy atom. The van der Waals surface area contributed by atoms with Crippen LogP contribution in [0.2, 0.25) is 0 Å². The van der Waals surface area contributed by atoms with E-state index in [1.165, 1.54) is 16.8 Å². The highest BCUT2D eigenvalue weighted by Crippen LogP contribution is 2.14. The van der Waals surface area contributed by atoms with E-state index in [0.717, 1.165) is 0 Å². The molecule has 0 aromatic carbocycles. The minimum Gasteiger partial charge on any atom is -0.478 e. The number of nitrogens with one attached hydrogen (secondary N) is 1. The van der Waals surface area contributed by atoms with Gasteiger partial charge in [0.2, 0.25) is 0 Å². The topological polar surface area (TPSA) is 71.3 Å². The van der Waals surface area contributed by atoms with Crippen LogP contribution in [0.25, 0.3) is 0 Å². The van der Waals surface area contributed by atoms with Gasteiger partial charge in [0.1, 0.15) is 5.82 Å². The number of amides is 1. The Morgan fingerprint density at radius 3 is 2.60 bits per heavy atom. The molecule has 0 fully saturated rings. The van der Waals surface area contributed by atoms with E-state index < -0.39 is 11.9 Å². The molecule has 80 valence electrons. The summed E-state index contributed by atoms with van der Waals surface area (Å²) >= 11 is 5.37. The molecule has 0 atom stereocenters. The van der Waals surface area contributed by atoms with Crippen molar-refractivity contribution in [3.63, 3.8) is 0 Å². The number of hydrogen-bond donors (Lipinski definition) is 2. The number of carbonyl (C=O) groups excluding carboxylic acids is 1. The Kier molecular flexibility index (Phi) is 3.16. The standard InChI is InChI=1S/C9H9ClN2O3/c1-5(10)8(13)11-7-3-6(9(14)15)4-12(7)2/h3-4H,1H2,2H3,(H,11,13)(H,14,15). The number of carboxylic acids is 1. The van der Waals surface area contributed by atoms with Gasteiger partial charge in [-0.2, -0.15) is 0 Å². The van der Waals surface area contributed by atoms with Gasteiger partial charge < -0.3 is 15.0 Å². The van der Waals surface area contributed by atoms with Crippen LogP contribution in [0.4, 0.5) is 5.82 Å². The van der Waals surface area contributed by atoms with Gasteiger partial charge in [0.05, 0.1) is 10.6 Å². The van der Waals surface area contributed by atoms with E-state index in [4.69, 9.17) is 16.7 Å². The molecule has 0 spiro atoms. The summed E-state index contributed by atoms with van der Waals surface area (Å²) in [6, 6.07) is 1.33. The van der Waals surface area contributed by atoms with Crippen LogP contribution in [0.15, 0.2) is 23.9 Å². The van der Waals surface area contributed by atoms with Crippen molar-refractivity contribution >= 4 is 29.3 Å². The third-order valence-corrected chi connectivity index (χ3v) is 1.91. The normalized spacial score (nSPS) is 9.73. The third-order valence-electron chi connectivity index (χ3n) is 1.74. The Labute approximate surface area is 91.0 Å². The molecular formula is C9H9ClN2O3. The average Bonchev–Trinajstić information content (AvgIpc) is 2.47. The number of aromatic nitrogens is 1. The molecule has 1 heterocycles. The number of halogens is 1. The van der Waals surface area contributed by atoms with Crippen molar-refractivity contribution in [1.82, 2.24) is 4.57 Å². The summed E-state index contributed by atoms with van der Waals surface area (Å²) in [5, 5.41) is 11.0. The number of aromatic carboxylic acids is 1. The van der Waals surface area contributed by atoms with Crippen molar-refractivity contribution in [3.05, 3.63) is 29.4 Å². The highest BCUT2D eigenvalue weighted by molar-refractivity contribution is 6.43. The first-order valence-corrected chi connectivity index (χ1v) is 4.35. The first-order chi connectivity index (χ1) is 6.91. The van der Waals surface area contributed by atoms with Gasteiger partial charge >= 0.3 is 5.97 Å². The number of hydrogen-bond acceptors (Lipinski definition) is 2. The fourth-order valence-electron chi connectivity index (χ4n) is 0.990. The minimum atomic E-state index is -1.06. The summed E-state index contributed by atoms with van der Waals surface area (Å²) in [4.78, 5) is 21.8. The predicted octanol–water partition coefficient (Wildman–Crippen LogP) is 1.41. The lowest BCUT2D eigenvalue weighted by molar-refractivity contribution is -0.112. The Hall–Kier alpha value is -1.75. The van der Waals surface area contributed by atoms with Gasteiger partial charge in [-0.15, -0.1) is 0 Å². The fraction of sp³-hybridized carbons (Fsp3) is 0.111. The zero-order valence-corrected chi connectivity index (χ0v) is 8.71. The Balaban J connectivity index is 2.91. The number of carbonyl (C=O) groups is 2. The van der Waals surface area contributed by atoms with Gasteiger partial charge in [-0.05, 0) is 6.07 Å². The largest absolute Gasteiger partial charge is 0.478 e. The molecule has 0 aliphatic carbocycles. The monoisotopic (exact) mass is 228 g/mol. The Morgan fingerprint density at radius 2 is 2.20 bits per heavy atom. The molecule has 0 saturated heterocycles. The molecular weight excluding hydrogens is 220 g/mol. The van der Waals surface area contributed by atoms with Crippen molar-refractivity contribution in [2.24, 2.45) is 7.05 Å².